The Hall–Kier alpha value is -0.690. The first kappa shape index (κ1) is 13.4. The molecular formula is C9H9BrClNO4. The van der Waals surface area contributed by atoms with Crippen molar-refractivity contribution in [3.05, 3.63) is 28.5 Å². The summed E-state index contributed by atoms with van der Waals surface area (Å²) in [4.78, 5) is 14.6. The maximum Gasteiger partial charge on any atom is 0.336 e. The number of pyridine rings is 1. The molecule has 0 spiro atoms. The summed E-state index contributed by atoms with van der Waals surface area (Å²) in [5, 5.41) is 28.1. The summed E-state index contributed by atoms with van der Waals surface area (Å²) in [5.41, 5.74) is -0.142. The standard InChI is InChI=1S/C9H9BrClNO4/c10-2-6(13)8(14)5-3-12-7(11)1-4(5)9(15)16/h1,3,6,8,13-14H,2H2,(H,15,16). The Morgan fingerprint density at radius 1 is 1.56 bits per heavy atom. The lowest BCUT2D eigenvalue weighted by molar-refractivity contribution is 0.0325. The van der Waals surface area contributed by atoms with E-state index in [1.54, 1.807) is 0 Å². The number of halogens is 2. The maximum atomic E-state index is 10.9. The van der Waals surface area contributed by atoms with Crippen LogP contribution in [-0.2, 0) is 0 Å². The highest BCUT2D eigenvalue weighted by atomic mass is 79.9. The highest BCUT2D eigenvalue weighted by Gasteiger charge is 2.23. The number of aliphatic hydroxyl groups is 2. The van der Waals surface area contributed by atoms with Gasteiger partial charge in [-0.3, -0.25) is 0 Å². The van der Waals surface area contributed by atoms with Crippen molar-refractivity contribution in [1.29, 1.82) is 0 Å². The number of carboxylic acids is 1. The Morgan fingerprint density at radius 2 is 2.19 bits per heavy atom. The summed E-state index contributed by atoms with van der Waals surface area (Å²) in [5.74, 6) is -1.24. The molecule has 5 nitrogen and oxygen atoms in total. The average molecular weight is 311 g/mol. The average Bonchev–Trinajstić information content (AvgIpc) is 2.26. The molecule has 0 saturated carbocycles. The second kappa shape index (κ2) is 5.58. The summed E-state index contributed by atoms with van der Waals surface area (Å²) < 4.78 is 0. The van der Waals surface area contributed by atoms with Crippen molar-refractivity contribution >= 4 is 33.5 Å². The molecule has 1 aromatic rings. The molecule has 1 rings (SSSR count). The van der Waals surface area contributed by atoms with Crippen LogP contribution in [0, 0.1) is 0 Å². The number of alkyl halides is 1. The topological polar surface area (TPSA) is 90.7 Å². The summed E-state index contributed by atoms with van der Waals surface area (Å²) in [6, 6.07) is 1.13. The van der Waals surface area contributed by atoms with E-state index in [0.29, 0.717) is 0 Å². The molecule has 1 heterocycles. The van der Waals surface area contributed by atoms with Crippen LogP contribution in [0.1, 0.15) is 22.0 Å². The lowest BCUT2D eigenvalue weighted by Crippen LogP contribution is -2.22. The van der Waals surface area contributed by atoms with Gasteiger partial charge in [-0.2, -0.15) is 0 Å². The minimum Gasteiger partial charge on any atom is -0.478 e. The molecule has 7 heteroatoms. The van der Waals surface area contributed by atoms with Crippen molar-refractivity contribution in [2.75, 3.05) is 5.33 Å². The fraction of sp³-hybridized carbons (Fsp3) is 0.333. The molecule has 0 saturated heterocycles. The van der Waals surface area contributed by atoms with Crippen LogP contribution in [-0.4, -0.2) is 37.7 Å². The zero-order chi connectivity index (χ0) is 12.3. The number of aromatic nitrogens is 1. The zero-order valence-electron chi connectivity index (χ0n) is 7.97. The first-order valence-electron chi connectivity index (χ1n) is 4.28. The summed E-state index contributed by atoms with van der Waals surface area (Å²) in [6.45, 7) is 0. The molecule has 3 N–H and O–H groups in total. The van der Waals surface area contributed by atoms with E-state index in [4.69, 9.17) is 16.7 Å². The molecule has 0 bridgehead atoms. The van der Waals surface area contributed by atoms with Gasteiger partial charge in [-0.05, 0) is 6.07 Å². The van der Waals surface area contributed by atoms with Crippen LogP contribution in [0.4, 0.5) is 0 Å². The molecule has 0 aliphatic carbocycles. The number of aromatic carboxylic acids is 1. The second-order valence-corrected chi connectivity index (χ2v) is 4.10. The van der Waals surface area contributed by atoms with Gasteiger partial charge in [0.15, 0.2) is 0 Å². The molecule has 1 aromatic heterocycles. The number of carbonyl (C=O) groups is 1. The lowest BCUT2D eigenvalue weighted by Gasteiger charge is -2.17. The van der Waals surface area contributed by atoms with E-state index in [1.165, 1.54) is 0 Å². The smallest absolute Gasteiger partial charge is 0.336 e. The van der Waals surface area contributed by atoms with Crippen LogP contribution in [0.15, 0.2) is 12.3 Å². The SMILES string of the molecule is O=C(O)c1cc(Cl)ncc1C(O)C(O)CBr. The normalized spacial score (nSPS) is 14.5. The number of hydrogen-bond acceptors (Lipinski definition) is 4. The molecule has 0 amide bonds. The Bertz CT molecular complexity index is 401. The van der Waals surface area contributed by atoms with Crippen molar-refractivity contribution in [1.82, 2.24) is 4.98 Å². The molecule has 0 aromatic carbocycles. The van der Waals surface area contributed by atoms with E-state index >= 15 is 0 Å². The first-order valence-corrected chi connectivity index (χ1v) is 5.78. The van der Waals surface area contributed by atoms with E-state index in [9.17, 15) is 15.0 Å². The molecule has 0 radical (unpaired) electrons. The van der Waals surface area contributed by atoms with E-state index in [2.05, 4.69) is 20.9 Å². The minimum atomic E-state index is -1.32. The predicted octanol–water partition coefficient (Wildman–Crippen LogP) is 1.22. The fourth-order valence-corrected chi connectivity index (χ4v) is 1.67. The monoisotopic (exact) mass is 309 g/mol. The second-order valence-electron chi connectivity index (χ2n) is 3.07. The third kappa shape index (κ3) is 2.91. The number of rotatable bonds is 4. The van der Waals surface area contributed by atoms with E-state index in [-0.39, 0.29) is 21.6 Å². The molecule has 0 fully saturated rings. The summed E-state index contributed by atoms with van der Waals surface area (Å²) in [7, 11) is 0. The summed E-state index contributed by atoms with van der Waals surface area (Å²) >= 11 is 8.54. The van der Waals surface area contributed by atoms with Crippen LogP contribution in [0.5, 0.6) is 0 Å². The quantitative estimate of drug-likeness (QED) is 0.574. The number of hydrogen-bond donors (Lipinski definition) is 3. The molecule has 0 aliphatic rings. The van der Waals surface area contributed by atoms with Crippen molar-refractivity contribution in [3.63, 3.8) is 0 Å². The maximum absolute atomic E-state index is 10.9. The van der Waals surface area contributed by atoms with E-state index in [0.717, 1.165) is 12.3 Å². The van der Waals surface area contributed by atoms with Gasteiger partial charge in [0.2, 0.25) is 0 Å². The van der Waals surface area contributed by atoms with Gasteiger partial charge < -0.3 is 15.3 Å². The van der Waals surface area contributed by atoms with E-state index in [1.807, 2.05) is 0 Å². The highest BCUT2D eigenvalue weighted by molar-refractivity contribution is 9.09. The van der Waals surface area contributed by atoms with Gasteiger partial charge >= 0.3 is 5.97 Å². The molecule has 16 heavy (non-hydrogen) atoms. The Kier molecular flexibility index (Phi) is 4.67. The third-order valence-corrected chi connectivity index (χ3v) is 2.84. The largest absolute Gasteiger partial charge is 0.478 e. The van der Waals surface area contributed by atoms with Gasteiger partial charge in [0.25, 0.3) is 0 Å². The number of aliphatic hydroxyl groups excluding tert-OH is 2. The van der Waals surface area contributed by atoms with Gasteiger partial charge in [0, 0.05) is 17.1 Å². The Balaban J connectivity index is 3.17. The predicted molar refractivity (Wildman–Crippen MR) is 61.0 cm³/mol. The van der Waals surface area contributed by atoms with Gasteiger partial charge in [0.1, 0.15) is 11.3 Å². The van der Waals surface area contributed by atoms with Gasteiger partial charge in [-0.1, -0.05) is 27.5 Å². The molecular weight excluding hydrogens is 301 g/mol. The van der Waals surface area contributed by atoms with E-state index < -0.39 is 18.2 Å². The lowest BCUT2D eigenvalue weighted by atomic mass is 10.0. The van der Waals surface area contributed by atoms with Crippen LogP contribution < -0.4 is 0 Å². The van der Waals surface area contributed by atoms with Crippen LogP contribution >= 0.6 is 27.5 Å². The molecule has 88 valence electrons. The van der Waals surface area contributed by atoms with Crippen molar-refractivity contribution < 1.29 is 20.1 Å². The van der Waals surface area contributed by atoms with Crippen LogP contribution in [0.3, 0.4) is 0 Å². The zero-order valence-corrected chi connectivity index (χ0v) is 10.3. The highest BCUT2D eigenvalue weighted by Crippen LogP contribution is 2.23. The Labute approximate surface area is 105 Å². The fourth-order valence-electron chi connectivity index (χ4n) is 1.15. The van der Waals surface area contributed by atoms with Crippen molar-refractivity contribution in [2.24, 2.45) is 0 Å². The number of nitrogens with zero attached hydrogens (tertiary/aromatic N) is 1. The van der Waals surface area contributed by atoms with Crippen LogP contribution in [0.25, 0.3) is 0 Å². The van der Waals surface area contributed by atoms with Gasteiger partial charge in [-0.15, -0.1) is 0 Å². The molecule has 2 atom stereocenters. The minimum absolute atomic E-state index is 0.0154. The van der Waals surface area contributed by atoms with Crippen molar-refractivity contribution in [3.8, 4) is 0 Å². The number of carboxylic acid groups (broad SMARTS) is 1. The molecule has 2 unspecified atom stereocenters. The van der Waals surface area contributed by atoms with Crippen molar-refractivity contribution in [2.45, 2.75) is 12.2 Å². The van der Waals surface area contributed by atoms with Crippen LogP contribution in [0.2, 0.25) is 5.15 Å². The first-order chi connectivity index (χ1) is 7.47. The van der Waals surface area contributed by atoms with Gasteiger partial charge in [0.05, 0.1) is 11.7 Å². The summed E-state index contributed by atoms with van der Waals surface area (Å²) in [6.07, 6.45) is -1.29. The van der Waals surface area contributed by atoms with Gasteiger partial charge in [-0.25, -0.2) is 9.78 Å². The molecule has 0 aliphatic heterocycles. The third-order valence-electron chi connectivity index (χ3n) is 1.97. The Morgan fingerprint density at radius 3 is 2.69 bits per heavy atom.